The molecule has 2 heterocycles. The first-order chi connectivity index (χ1) is 14.7. The van der Waals surface area contributed by atoms with Gasteiger partial charge in [-0.2, -0.15) is 15.0 Å². The maximum absolute atomic E-state index is 13.0. The number of benzene rings is 1. The molecule has 31 heavy (non-hydrogen) atoms. The summed E-state index contributed by atoms with van der Waals surface area (Å²) in [5, 5.41) is 18.0. The van der Waals surface area contributed by atoms with E-state index in [-0.39, 0.29) is 17.0 Å². The number of anilines is 1. The van der Waals surface area contributed by atoms with Crippen molar-refractivity contribution in [2.75, 3.05) is 5.73 Å². The standard InChI is InChI=1S/C21H26N6O3S/c1-13-3-8-17(31(29,30)26-15-4-6-16(28)7-5-15)10-18(13)14-9-19(21(22)23-11-14)20-12-24-27(2)25-20/h3,8-12,15-16,26,28H,4-7H2,1-2H3,(H2,22,23). The van der Waals surface area contributed by atoms with Crippen LogP contribution in [0.3, 0.4) is 0 Å². The molecule has 164 valence electrons. The van der Waals surface area contributed by atoms with E-state index >= 15 is 0 Å². The second-order valence-corrected chi connectivity index (χ2v) is 9.69. The van der Waals surface area contributed by atoms with Crippen LogP contribution < -0.4 is 10.5 Å². The zero-order chi connectivity index (χ0) is 22.2. The highest BCUT2D eigenvalue weighted by Gasteiger charge is 2.25. The quantitative estimate of drug-likeness (QED) is 0.550. The van der Waals surface area contributed by atoms with Gasteiger partial charge in [0.15, 0.2) is 0 Å². The van der Waals surface area contributed by atoms with E-state index in [1.807, 2.05) is 13.0 Å². The molecule has 0 atom stereocenters. The van der Waals surface area contributed by atoms with Crippen molar-refractivity contribution in [1.82, 2.24) is 24.7 Å². The SMILES string of the molecule is Cc1ccc(S(=O)(=O)NC2CCC(O)CC2)cc1-c1cnc(N)c(-c2cnn(C)n2)c1. The molecule has 0 radical (unpaired) electrons. The van der Waals surface area contributed by atoms with E-state index in [1.54, 1.807) is 37.6 Å². The highest BCUT2D eigenvalue weighted by molar-refractivity contribution is 7.89. The Kier molecular flexibility index (Phi) is 5.78. The van der Waals surface area contributed by atoms with E-state index in [4.69, 9.17) is 5.73 Å². The lowest BCUT2D eigenvalue weighted by Gasteiger charge is -2.26. The number of hydrogen-bond donors (Lipinski definition) is 3. The molecule has 0 saturated heterocycles. The highest BCUT2D eigenvalue weighted by Crippen LogP contribution is 2.31. The molecule has 1 aliphatic rings. The first kappa shape index (κ1) is 21.4. The van der Waals surface area contributed by atoms with Crippen molar-refractivity contribution in [3.63, 3.8) is 0 Å². The van der Waals surface area contributed by atoms with Crippen molar-refractivity contribution in [3.8, 4) is 22.4 Å². The number of pyridine rings is 1. The fourth-order valence-corrected chi connectivity index (χ4v) is 5.19. The Balaban J connectivity index is 1.67. The summed E-state index contributed by atoms with van der Waals surface area (Å²) >= 11 is 0. The van der Waals surface area contributed by atoms with Gasteiger partial charge in [0.2, 0.25) is 10.0 Å². The van der Waals surface area contributed by atoms with Crippen molar-refractivity contribution in [3.05, 3.63) is 42.2 Å². The Bertz CT molecular complexity index is 1200. The van der Waals surface area contributed by atoms with Crippen LogP contribution in [0, 0.1) is 6.92 Å². The summed E-state index contributed by atoms with van der Waals surface area (Å²) in [6.07, 6.45) is 5.36. The number of nitrogens with two attached hydrogens (primary N) is 1. The molecule has 0 amide bonds. The minimum Gasteiger partial charge on any atom is -0.393 e. The lowest BCUT2D eigenvalue weighted by atomic mass is 9.94. The van der Waals surface area contributed by atoms with Crippen molar-refractivity contribution in [2.24, 2.45) is 7.05 Å². The molecule has 0 bridgehead atoms. The van der Waals surface area contributed by atoms with Crippen LogP contribution in [-0.4, -0.2) is 45.6 Å². The summed E-state index contributed by atoms with van der Waals surface area (Å²) in [5.74, 6) is 0.326. The summed E-state index contributed by atoms with van der Waals surface area (Å²) in [7, 11) is -1.98. The number of nitrogens with zero attached hydrogens (tertiary/aromatic N) is 4. The average Bonchev–Trinajstić information content (AvgIpc) is 3.16. The molecule has 4 N–H and O–H groups in total. The summed E-state index contributed by atoms with van der Waals surface area (Å²) in [4.78, 5) is 5.92. The molecular weight excluding hydrogens is 416 g/mol. The first-order valence-corrected chi connectivity index (χ1v) is 11.6. The molecule has 3 aromatic rings. The lowest BCUT2D eigenvalue weighted by molar-refractivity contribution is 0.120. The van der Waals surface area contributed by atoms with Crippen LogP contribution in [-0.2, 0) is 17.1 Å². The van der Waals surface area contributed by atoms with Crippen molar-refractivity contribution >= 4 is 15.8 Å². The third-order valence-corrected chi connectivity index (χ3v) is 7.16. The summed E-state index contributed by atoms with van der Waals surface area (Å²) in [5.41, 5.74) is 9.68. The zero-order valence-electron chi connectivity index (χ0n) is 17.5. The van der Waals surface area contributed by atoms with Crippen LogP contribution in [0.5, 0.6) is 0 Å². The molecular formula is C21H26N6O3S. The topological polar surface area (TPSA) is 136 Å². The Labute approximate surface area is 181 Å². The van der Waals surface area contributed by atoms with E-state index < -0.39 is 10.0 Å². The fraction of sp³-hybridized carbons (Fsp3) is 0.381. The molecule has 4 rings (SSSR count). The van der Waals surface area contributed by atoms with Gasteiger partial charge in [-0.15, -0.1) is 0 Å². The first-order valence-electron chi connectivity index (χ1n) is 10.2. The van der Waals surface area contributed by atoms with Gasteiger partial charge in [-0.05, 0) is 61.9 Å². The second-order valence-electron chi connectivity index (χ2n) is 7.98. The number of nitrogens with one attached hydrogen (secondary N) is 1. The van der Waals surface area contributed by atoms with Gasteiger partial charge in [0.05, 0.1) is 17.2 Å². The second kappa shape index (κ2) is 8.37. The molecule has 9 nitrogen and oxygen atoms in total. The van der Waals surface area contributed by atoms with E-state index in [2.05, 4.69) is 19.9 Å². The van der Waals surface area contributed by atoms with E-state index in [1.165, 1.54) is 4.80 Å². The summed E-state index contributed by atoms with van der Waals surface area (Å²) in [6, 6.07) is 6.73. The smallest absolute Gasteiger partial charge is 0.240 e. The van der Waals surface area contributed by atoms with E-state index in [9.17, 15) is 13.5 Å². The molecule has 0 aliphatic heterocycles. The van der Waals surface area contributed by atoms with Crippen LogP contribution in [0.2, 0.25) is 0 Å². The molecule has 0 spiro atoms. The number of rotatable bonds is 5. The van der Waals surface area contributed by atoms with Crippen LogP contribution in [0.15, 0.2) is 41.6 Å². The summed E-state index contributed by atoms with van der Waals surface area (Å²) < 4.78 is 28.8. The number of aliphatic hydroxyl groups excluding tert-OH is 1. The normalized spacial score (nSPS) is 19.5. The van der Waals surface area contributed by atoms with Gasteiger partial charge < -0.3 is 10.8 Å². The van der Waals surface area contributed by atoms with E-state index in [0.717, 1.165) is 16.7 Å². The number of sulfonamides is 1. The van der Waals surface area contributed by atoms with Crippen molar-refractivity contribution in [1.29, 1.82) is 0 Å². The van der Waals surface area contributed by atoms with E-state index in [0.29, 0.717) is 42.8 Å². The highest BCUT2D eigenvalue weighted by atomic mass is 32.2. The Morgan fingerprint density at radius 3 is 2.55 bits per heavy atom. The van der Waals surface area contributed by atoms with Crippen molar-refractivity contribution in [2.45, 2.75) is 49.6 Å². The summed E-state index contributed by atoms with van der Waals surface area (Å²) in [6.45, 7) is 1.92. The van der Waals surface area contributed by atoms with Gasteiger partial charge >= 0.3 is 0 Å². The number of aryl methyl sites for hydroxylation is 2. The zero-order valence-corrected chi connectivity index (χ0v) is 18.3. The molecule has 10 heteroatoms. The Hall–Kier alpha value is -2.82. The molecule has 0 unspecified atom stereocenters. The van der Waals surface area contributed by atoms with Crippen molar-refractivity contribution < 1.29 is 13.5 Å². The molecule has 1 aromatic carbocycles. The molecule has 2 aromatic heterocycles. The minimum absolute atomic E-state index is 0.167. The number of aliphatic hydroxyl groups is 1. The van der Waals surface area contributed by atoms with Crippen LogP contribution in [0.1, 0.15) is 31.2 Å². The predicted octanol–water partition coefficient (Wildman–Crippen LogP) is 2.02. The van der Waals surface area contributed by atoms with Gasteiger partial charge in [-0.25, -0.2) is 18.1 Å². The third kappa shape index (κ3) is 4.60. The van der Waals surface area contributed by atoms with Crippen LogP contribution >= 0.6 is 0 Å². The molecule has 1 fully saturated rings. The van der Waals surface area contributed by atoms with Gasteiger partial charge in [0.25, 0.3) is 0 Å². The van der Waals surface area contributed by atoms with Gasteiger partial charge in [-0.3, -0.25) is 0 Å². The monoisotopic (exact) mass is 442 g/mol. The lowest BCUT2D eigenvalue weighted by Crippen LogP contribution is -2.38. The Morgan fingerprint density at radius 2 is 1.87 bits per heavy atom. The largest absolute Gasteiger partial charge is 0.393 e. The average molecular weight is 443 g/mol. The molecule has 1 saturated carbocycles. The maximum Gasteiger partial charge on any atom is 0.240 e. The number of aromatic nitrogens is 4. The molecule has 1 aliphatic carbocycles. The van der Waals surface area contributed by atoms with Crippen LogP contribution in [0.4, 0.5) is 5.82 Å². The van der Waals surface area contributed by atoms with Gasteiger partial charge in [0, 0.05) is 30.4 Å². The van der Waals surface area contributed by atoms with Gasteiger partial charge in [-0.1, -0.05) is 6.07 Å². The van der Waals surface area contributed by atoms with Crippen LogP contribution in [0.25, 0.3) is 22.4 Å². The number of hydrogen-bond acceptors (Lipinski definition) is 7. The fourth-order valence-electron chi connectivity index (χ4n) is 3.86. The van der Waals surface area contributed by atoms with Gasteiger partial charge in [0.1, 0.15) is 11.5 Å². The Morgan fingerprint density at radius 1 is 1.13 bits per heavy atom. The minimum atomic E-state index is -3.69. The predicted molar refractivity (Wildman–Crippen MR) is 117 cm³/mol. The maximum atomic E-state index is 13.0. The third-order valence-electron chi connectivity index (χ3n) is 5.64. The number of nitrogen functional groups attached to an aromatic ring is 1.